The van der Waals surface area contributed by atoms with E-state index in [0.717, 1.165) is 12.0 Å². The third-order valence-electron chi connectivity index (χ3n) is 4.88. The number of alkyl halides is 3. The van der Waals surface area contributed by atoms with Gasteiger partial charge in [-0.3, -0.25) is 0 Å². The number of hydrogen-bond acceptors (Lipinski definition) is 1. The second-order valence-corrected chi connectivity index (χ2v) is 6.49. The lowest BCUT2D eigenvalue weighted by Crippen LogP contribution is -2.48. The van der Waals surface area contributed by atoms with Crippen molar-refractivity contribution in [2.45, 2.75) is 50.9 Å². The molecule has 1 aliphatic heterocycles. The van der Waals surface area contributed by atoms with Gasteiger partial charge < -0.3 is 10.2 Å². The Morgan fingerprint density at radius 3 is 2.65 bits per heavy atom. The fourth-order valence-electron chi connectivity index (χ4n) is 3.55. The molecule has 2 atom stereocenters. The van der Waals surface area contributed by atoms with Crippen molar-refractivity contribution in [1.29, 1.82) is 0 Å². The molecular formula is C17H21F3N2O. The summed E-state index contributed by atoms with van der Waals surface area (Å²) >= 11 is 0. The van der Waals surface area contributed by atoms with E-state index in [1.54, 1.807) is 4.90 Å². The summed E-state index contributed by atoms with van der Waals surface area (Å²) in [5, 5.41) is 2.81. The van der Waals surface area contributed by atoms with Crippen LogP contribution in [-0.4, -0.2) is 29.7 Å². The van der Waals surface area contributed by atoms with Gasteiger partial charge in [0.15, 0.2) is 0 Å². The smallest absolute Gasteiger partial charge is 0.335 e. The van der Waals surface area contributed by atoms with Crippen LogP contribution in [0.4, 0.5) is 18.0 Å². The molecule has 1 aromatic rings. The maximum Gasteiger partial charge on any atom is 0.391 e. The van der Waals surface area contributed by atoms with Crippen LogP contribution in [0.25, 0.3) is 0 Å². The Morgan fingerprint density at radius 2 is 1.91 bits per heavy atom. The van der Waals surface area contributed by atoms with Crippen molar-refractivity contribution in [3.05, 3.63) is 35.4 Å². The molecule has 0 radical (unpaired) electrons. The molecule has 1 N–H and O–H groups in total. The summed E-state index contributed by atoms with van der Waals surface area (Å²) in [5.41, 5.74) is 2.36. The van der Waals surface area contributed by atoms with Crippen LogP contribution < -0.4 is 5.32 Å². The van der Waals surface area contributed by atoms with Crippen LogP contribution in [0.5, 0.6) is 0 Å². The monoisotopic (exact) mass is 326 g/mol. The summed E-state index contributed by atoms with van der Waals surface area (Å²) in [5.74, 6) is -1.29. The van der Waals surface area contributed by atoms with E-state index >= 15 is 0 Å². The van der Waals surface area contributed by atoms with Gasteiger partial charge in [0.25, 0.3) is 0 Å². The molecule has 2 amide bonds. The normalized spacial score (nSPS) is 24.9. The Kier molecular flexibility index (Phi) is 4.50. The number of benzene rings is 1. The third-order valence-corrected chi connectivity index (χ3v) is 4.88. The van der Waals surface area contributed by atoms with Gasteiger partial charge in [-0.25, -0.2) is 4.79 Å². The molecule has 0 unspecified atom stereocenters. The van der Waals surface area contributed by atoms with Gasteiger partial charge in [-0.05, 0) is 36.8 Å². The van der Waals surface area contributed by atoms with E-state index in [9.17, 15) is 18.0 Å². The van der Waals surface area contributed by atoms with Crippen molar-refractivity contribution in [2.75, 3.05) is 6.54 Å². The molecule has 3 rings (SSSR count). The molecule has 23 heavy (non-hydrogen) atoms. The summed E-state index contributed by atoms with van der Waals surface area (Å²) in [6.07, 6.45) is -2.06. The van der Waals surface area contributed by atoms with Gasteiger partial charge in [-0.2, -0.15) is 13.2 Å². The van der Waals surface area contributed by atoms with Crippen molar-refractivity contribution in [3.63, 3.8) is 0 Å². The highest BCUT2D eigenvalue weighted by molar-refractivity contribution is 5.75. The third kappa shape index (κ3) is 3.79. The van der Waals surface area contributed by atoms with E-state index in [1.165, 1.54) is 5.56 Å². The second-order valence-electron chi connectivity index (χ2n) is 6.49. The summed E-state index contributed by atoms with van der Waals surface area (Å²) in [7, 11) is 0. The molecule has 1 saturated carbocycles. The largest absolute Gasteiger partial charge is 0.391 e. The zero-order valence-electron chi connectivity index (χ0n) is 12.9. The highest BCUT2D eigenvalue weighted by atomic mass is 19.4. The lowest BCUT2D eigenvalue weighted by Gasteiger charge is -2.34. The molecular weight excluding hydrogens is 305 g/mol. The van der Waals surface area contributed by atoms with Gasteiger partial charge in [-0.15, -0.1) is 0 Å². The molecule has 1 heterocycles. The number of urea groups is 1. The molecule has 2 aliphatic rings. The lowest BCUT2D eigenvalue weighted by atomic mass is 9.85. The molecule has 6 heteroatoms. The number of rotatable bonds is 1. The predicted octanol–water partition coefficient (Wildman–Crippen LogP) is 3.88. The van der Waals surface area contributed by atoms with Crippen molar-refractivity contribution >= 4 is 6.03 Å². The molecule has 126 valence electrons. The minimum atomic E-state index is -4.16. The zero-order valence-corrected chi connectivity index (χ0v) is 12.9. The van der Waals surface area contributed by atoms with Gasteiger partial charge in [0.2, 0.25) is 0 Å². The van der Waals surface area contributed by atoms with Crippen LogP contribution in [0.2, 0.25) is 0 Å². The molecule has 3 nitrogen and oxygen atoms in total. The topological polar surface area (TPSA) is 32.3 Å². The Hall–Kier alpha value is -1.72. The Morgan fingerprint density at radius 1 is 1.17 bits per heavy atom. The van der Waals surface area contributed by atoms with Crippen molar-refractivity contribution in [1.82, 2.24) is 10.2 Å². The van der Waals surface area contributed by atoms with Crippen molar-refractivity contribution in [3.8, 4) is 0 Å². The van der Waals surface area contributed by atoms with Crippen LogP contribution >= 0.6 is 0 Å². The summed E-state index contributed by atoms with van der Waals surface area (Å²) in [4.78, 5) is 14.1. The summed E-state index contributed by atoms with van der Waals surface area (Å²) in [6.45, 7) is 1.13. The second kappa shape index (κ2) is 6.42. The Labute approximate surface area is 133 Å². The van der Waals surface area contributed by atoms with Crippen LogP contribution in [0.1, 0.15) is 36.8 Å². The minimum absolute atomic E-state index is 0.000330. The van der Waals surface area contributed by atoms with E-state index in [0.29, 0.717) is 25.9 Å². The SMILES string of the molecule is O=C(N[C@@H]1CCC[C@@H](C(F)(F)F)C1)N1CCc2ccccc2C1. The van der Waals surface area contributed by atoms with Gasteiger partial charge in [-0.1, -0.05) is 30.7 Å². The molecule has 0 aromatic heterocycles. The summed E-state index contributed by atoms with van der Waals surface area (Å²) < 4.78 is 38.5. The molecule has 0 spiro atoms. The zero-order chi connectivity index (χ0) is 16.4. The average molecular weight is 326 g/mol. The molecule has 1 aliphatic carbocycles. The molecule has 0 saturated heterocycles. The highest BCUT2D eigenvalue weighted by Gasteiger charge is 2.42. The maximum absolute atomic E-state index is 12.8. The molecule has 1 aromatic carbocycles. The first kappa shape index (κ1) is 16.1. The number of carbonyl (C=O) groups is 1. The molecule has 0 bridgehead atoms. The number of amides is 2. The first-order valence-corrected chi connectivity index (χ1v) is 8.12. The van der Waals surface area contributed by atoms with Crippen molar-refractivity contribution in [2.24, 2.45) is 5.92 Å². The van der Waals surface area contributed by atoms with Crippen LogP contribution in [0.15, 0.2) is 24.3 Å². The average Bonchev–Trinajstić information content (AvgIpc) is 2.54. The summed E-state index contributed by atoms with van der Waals surface area (Å²) in [6, 6.07) is 7.35. The van der Waals surface area contributed by atoms with E-state index in [2.05, 4.69) is 11.4 Å². The van der Waals surface area contributed by atoms with E-state index < -0.39 is 12.1 Å². The number of nitrogens with one attached hydrogen (secondary N) is 1. The number of nitrogens with zero attached hydrogens (tertiary/aromatic N) is 1. The maximum atomic E-state index is 12.8. The highest BCUT2D eigenvalue weighted by Crippen LogP contribution is 2.37. The van der Waals surface area contributed by atoms with E-state index in [-0.39, 0.29) is 24.9 Å². The Balaban J connectivity index is 1.57. The van der Waals surface area contributed by atoms with Gasteiger partial charge in [0.05, 0.1) is 5.92 Å². The van der Waals surface area contributed by atoms with Crippen LogP contribution in [-0.2, 0) is 13.0 Å². The number of fused-ring (bicyclic) bond motifs is 1. The standard InChI is InChI=1S/C17H21F3N2O/c18-17(19,20)14-6-3-7-15(10-14)21-16(23)22-9-8-12-4-1-2-5-13(12)11-22/h1-2,4-5,14-15H,3,6-11H2,(H,21,23)/t14-,15-/m1/s1. The quantitative estimate of drug-likeness (QED) is 0.835. The number of carbonyl (C=O) groups excluding carboxylic acids is 1. The van der Waals surface area contributed by atoms with Gasteiger partial charge >= 0.3 is 12.2 Å². The minimum Gasteiger partial charge on any atom is -0.335 e. The van der Waals surface area contributed by atoms with Crippen LogP contribution in [0, 0.1) is 5.92 Å². The Bertz CT molecular complexity index is 573. The number of hydrogen-bond donors (Lipinski definition) is 1. The van der Waals surface area contributed by atoms with Crippen molar-refractivity contribution < 1.29 is 18.0 Å². The van der Waals surface area contributed by atoms with Gasteiger partial charge in [0, 0.05) is 19.1 Å². The lowest BCUT2D eigenvalue weighted by molar-refractivity contribution is -0.183. The first-order valence-electron chi connectivity index (χ1n) is 8.12. The number of halogens is 3. The van der Waals surface area contributed by atoms with E-state index in [4.69, 9.17) is 0 Å². The van der Waals surface area contributed by atoms with Gasteiger partial charge in [0.1, 0.15) is 0 Å². The first-order chi connectivity index (χ1) is 10.9. The predicted molar refractivity (Wildman–Crippen MR) is 80.9 cm³/mol. The fraction of sp³-hybridized carbons (Fsp3) is 0.588. The van der Waals surface area contributed by atoms with Crippen LogP contribution in [0.3, 0.4) is 0 Å². The van der Waals surface area contributed by atoms with E-state index in [1.807, 2.05) is 18.2 Å². The molecule has 1 fully saturated rings. The fourth-order valence-corrected chi connectivity index (χ4v) is 3.55.